The van der Waals surface area contributed by atoms with Crippen LogP contribution in [0.15, 0.2) is 35.1 Å². The second kappa shape index (κ2) is 5.59. The minimum absolute atomic E-state index is 0.294. The molecule has 0 aliphatic rings. The Bertz CT molecular complexity index is 646. The molecule has 98 valence electrons. The van der Waals surface area contributed by atoms with E-state index in [1.807, 2.05) is 13.0 Å². The van der Waals surface area contributed by atoms with Crippen LogP contribution in [-0.2, 0) is 0 Å². The first-order valence-electron chi connectivity index (χ1n) is 5.46. The lowest BCUT2D eigenvalue weighted by Crippen LogP contribution is -2.14. The van der Waals surface area contributed by atoms with Crippen LogP contribution in [0.3, 0.4) is 0 Å². The smallest absolute Gasteiger partial charge is 0.257 e. The molecule has 1 heterocycles. The van der Waals surface area contributed by atoms with Crippen LogP contribution in [-0.4, -0.2) is 10.9 Å². The topological polar surface area (TPSA) is 68.0 Å². The highest BCUT2D eigenvalue weighted by Gasteiger charge is 2.11. The third-order valence-corrected chi connectivity index (χ3v) is 3.60. The van der Waals surface area contributed by atoms with E-state index < -0.39 is 0 Å². The first-order chi connectivity index (χ1) is 8.97. The SMILES string of the molecule is Cc1cc(NC(=O)c2ccc(Cl)cc2N)cnc1Br. The summed E-state index contributed by atoms with van der Waals surface area (Å²) in [5, 5.41) is 3.24. The van der Waals surface area contributed by atoms with Crippen LogP contribution in [0.4, 0.5) is 11.4 Å². The Hall–Kier alpha value is -1.59. The molecular formula is C13H11BrClN3O. The molecule has 0 saturated carbocycles. The van der Waals surface area contributed by atoms with Crippen LogP contribution >= 0.6 is 27.5 Å². The number of hydrogen-bond donors (Lipinski definition) is 2. The maximum absolute atomic E-state index is 12.1. The molecule has 0 bridgehead atoms. The number of nitrogens with one attached hydrogen (secondary N) is 1. The molecule has 6 heteroatoms. The minimum atomic E-state index is -0.294. The fourth-order valence-corrected chi connectivity index (χ4v) is 1.96. The Morgan fingerprint density at radius 3 is 2.79 bits per heavy atom. The van der Waals surface area contributed by atoms with E-state index in [1.54, 1.807) is 24.4 Å². The number of anilines is 2. The first-order valence-corrected chi connectivity index (χ1v) is 6.63. The largest absolute Gasteiger partial charge is 0.398 e. The Balaban J connectivity index is 2.23. The molecule has 4 nitrogen and oxygen atoms in total. The summed E-state index contributed by atoms with van der Waals surface area (Å²) in [6.07, 6.45) is 1.57. The normalized spacial score (nSPS) is 10.3. The number of halogens is 2. The van der Waals surface area contributed by atoms with E-state index in [9.17, 15) is 4.79 Å². The molecule has 2 rings (SSSR count). The Morgan fingerprint density at radius 2 is 2.16 bits per heavy atom. The standard InChI is InChI=1S/C13H11BrClN3O/c1-7-4-9(6-17-12(7)14)18-13(19)10-3-2-8(15)5-11(10)16/h2-6H,16H2,1H3,(H,18,19). The average molecular weight is 341 g/mol. The van der Waals surface area contributed by atoms with Crippen LogP contribution in [0, 0.1) is 6.92 Å². The molecule has 1 aromatic heterocycles. The molecule has 0 spiro atoms. The van der Waals surface area contributed by atoms with Crippen LogP contribution in [0.5, 0.6) is 0 Å². The first kappa shape index (κ1) is 13.8. The minimum Gasteiger partial charge on any atom is -0.398 e. The molecule has 19 heavy (non-hydrogen) atoms. The Kier molecular flexibility index (Phi) is 4.07. The summed E-state index contributed by atoms with van der Waals surface area (Å²) in [5.41, 5.74) is 8.02. The van der Waals surface area contributed by atoms with E-state index in [-0.39, 0.29) is 5.91 Å². The molecule has 0 saturated heterocycles. The second-order valence-electron chi connectivity index (χ2n) is 4.02. The van der Waals surface area contributed by atoms with Gasteiger partial charge in [-0.05, 0) is 52.7 Å². The maximum atomic E-state index is 12.1. The van der Waals surface area contributed by atoms with E-state index >= 15 is 0 Å². The van der Waals surface area contributed by atoms with Crippen molar-refractivity contribution in [2.45, 2.75) is 6.92 Å². The predicted molar refractivity (Wildman–Crippen MR) is 80.5 cm³/mol. The summed E-state index contributed by atoms with van der Waals surface area (Å²) in [6.45, 7) is 1.89. The quantitative estimate of drug-likeness (QED) is 0.648. The highest BCUT2D eigenvalue weighted by molar-refractivity contribution is 9.10. The van der Waals surface area contributed by atoms with Crippen molar-refractivity contribution in [2.24, 2.45) is 0 Å². The van der Waals surface area contributed by atoms with Gasteiger partial charge in [-0.1, -0.05) is 11.6 Å². The highest BCUT2D eigenvalue weighted by Crippen LogP contribution is 2.21. The number of hydrogen-bond acceptors (Lipinski definition) is 3. The van der Waals surface area contributed by atoms with Crippen molar-refractivity contribution in [3.8, 4) is 0 Å². The average Bonchev–Trinajstić information content (AvgIpc) is 2.33. The maximum Gasteiger partial charge on any atom is 0.257 e. The van der Waals surface area contributed by atoms with E-state index in [4.69, 9.17) is 17.3 Å². The van der Waals surface area contributed by atoms with Gasteiger partial charge in [0.05, 0.1) is 17.4 Å². The number of carbonyl (C=O) groups excluding carboxylic acids is 1. The number of nitrogens with two attached hydrogens (primary N) is 1. The highest BCUT2D eigenvalue weighted by atomic mass is 79.9. The third-order valence-electron chi connectivity index (χ3n) is 2.53. The molecule has 2 aromatic rings. The molecule has 1 aromatic carbocycles. The van der Waals surface area contributed by atoms with Crippen molar-refractivity contribution in [1.29, 1.82) is 0 Å². The third kappa shape index (κ3) is 3.24. The van der Waals surface area contributed by atoms with E-state index in [2.05, 4.69) is 26.2 Å². The lowest BCUT2D eigenvalue weighted by atomic mass is 10.1. The fourth-order valence-electron chi connectivity index (χ4n) is 1.57. The van der Waals surface area contributed by atoms with Crippen LogP contribution in [0.2, 0.25) is 5.02 Å². The van der Waals surface area contributed by atoms with Crippen LogP contribution in [0.1, 0.15) is 15.9 Å². The zero-order valence-corrected chi connectivity index (χ0v) is 12.4. The zero-order chi connectivity index (χ0) is 14.0. The van der Waals surface area contributed by atoms with Crippen molar-refractivity contribution in [3.63, 3.8) is 0 Å². The number of nitrogen functional groups attached to an aromatic ring is 1. The van der Waals surface area contributed by atoms with Crippen molar-refractivity contribution in [1.82, 2.24) is 4.98 Å². The molecule has 0 radical (unpaired) electrons. The van der Waals surface area contributed by atoms with Gasteiger partial charge < -0.3 is 11.1 Å². The molecule has 0 unspecified atom stereocenters. The summed E-state index contributed by atoms with van der Waals surface area (Å²) in [6, 6.07) is 6.58. The van der Waals surface area contributed by atoms with Gasteiger partial charge in [0.25, 0.3) is 5.91 Å². The van der Waals surface area contributed by atoms with E-state index in [0.29, 0.717) is 22.0 Å². The number of pyridine rings is 1. The van der Waals surface area contributed by atoms with Gasteiger partial charge in [0.1, 0.15) is 4.60 Å². The molecule has 0 aliphatic heterocycles. The number of aryl methyl sites for hydroxylation is 1. The summed E-state index contributed by atoms with van der Waals surface area (Å²) in [4.78, 5) is 16.2. The predicted octanol–water partition coefficient (Wildman–Crippen LogP) is 3.64. The molecule has 0 fully saturated rings. The van der Waals surface area contributed by atoms with Crippen LogP contribution < -0.4 is 11.1 Å². The summed E-state index contributed by atoms with van der Waals surface area (Å²) < 4.78 is 0.747. The molecular weight excluding hydrogens is 330 g/mol. The number of carbonyl (C=O) groups is 1. The van der Waals surface area contributed by atoms with Crippen molar-refractivity contribution < 1.29 is 4.79 Å². The van der Waals surface area contributed by atoms with E-state index in [0.717, 1.165) is 10.2 Å². The summed E-state index contributed by atoms with van der Waals surface area (Å²) >= 11 is 9.09. The fraction of sp³-hybridized carbons (Fsp3) is 0.0769. The van der Waals surface area contributed by atoms with Crippen molar-refractivity contribution >= 4 is 44.8 Å². The van der Waals surface area contributed by atoms with Crippen molar-refractivity contribution in [3.05, 3.63) is 51.2 Å². The number of rotatable bonds is 2. The van der Waals surface area contributed by atoms with Gasteiger partial charge >= 0.3 is 0 Å². The lowest BCUT2D eigenvalue weighted by molar-refractivity contribution is 0.102. The number of aromatic nitrogens is 1. The van der Waals surface area contributed by atoms with Gasteiger partial charge in [-0.2, -0.15) is 0 Å². The molecule has 3 N–H and O–H groups in total. The molecule has 0 atom stereocenters. The number of nitrogens with zero attached hydrogens (tertiary/aromatic N) is 1. The second-order valence-corrected chi connectivity index (χ2v) is 5.20. The summed E-state index contributed by atoms with van der Waals surface area (Å²) in [7, 11) is 0. The van der Waals surface area contributed by atoms with Gasteiger partial charge in [0.2, 0.25) is 0 Å². The van der Waals surface area contributed by atoms with Gasteiger partial charge in [0, 0.05) is 10.7 Å². The molecule has 0 aliphatic carbocycles. The lowest BCUT2D eigenvalue weighted by Gasteiger charge is -2.08. The number of amides is 1. The van der Waals surface area contributed by atoms with Gasteiger partial charge in [0.15, 0.2) is 0 Å². The van der Waals surface area contributed by atoms with Gasteiger partial charge in [-0.15, -0.1) is 0 Å². The van der Waals surface area contributed by atoms with Crippen molar-refractivity contribution in [2.75, 3.05) is 11.1 Å². The Labute approximate surface area is 124 Å². The monoisotopic (exact) mass is 339 g/mol. The van der Waals surface area contributed by atoms with Gasteiger partial charge in [-0.3, -0.25) is 4.79 Å². The Morgan fingerprint density at radius 1 is 1.42 bits per heavy atom. The van der Waals surface area contributed by atoms with Crippen LogP contribution in [0.25, 0.3) is 0 Å². The summed E-state index contributed by atoms with van der Waals surface area (Å²) in [5.74, 6) is -0.294. The zero-order valence-electron chi connectivity index (χ0n) is 10.1. The molecule has 1 amide bonds. The van der Waals surface area contributed by atoms with E-state index in [1.165, 1.54) is 0 Å². The van der Waals surface area contributed by atoms with Gasteiger partial charge in [-0.25, -0.2) is 4.98 Å². The number of benzene rings is 1.